The Hall–Kier alpha value is 0.270. The molecule has 1 N–H and O–H groups in total. The quantitative estimate of drug-likeness (QED) is 0.833. The van der Waals surface area contributed by atoms with E-state index in [2.05, 4.69) is 42.1 Å². The second-order valence-electron chi connectivity index (χ2n) is 6.39. The van der Waals surface area contributed by atoms with Gasteiger partial charge in [-0.3, -0.25) is 0 Å². The van der Waals surface area contributed by atoms with Gasteiger partial charge in [-0.15, -0.1) is 0 Å². The zero-order valence-electron chi connectivity index (χ0n) is 13.0. The lowest BCUT2D eigenvalue weighted by Crippen LogP contribution is -2.49. The third-order valence-electron chi connectivity index (χ3n) is 5.27. The summed E-state index contributed by atoms with van der Waals surface area (Å²) in [4.78, 5) is 2.59. The molecule has 1 heterocycles. The number of rotatable bonds is 5. The third-order valence-corrected chi connectivity index (χ3v) is 6.44. The maximum atomic E-state index is 3.98. The highest BCUT2D eigenvalue weighted by molar-refractivity contribution is 7.99. The Morgan fingerprint density at radius 3 is 2.47 bits per heavy atom. The molecule has 0 aromatic rings. The van der Waals surface area contributed by atoms with Crippen molar-refractivity contribution in [1.82, 2.24) is 10.2 Å². The van der Waals surface area contributed by atoms with Gasteiger partial charge in [-0.05, 0) is 64.4 Å². The fourth-order valence-corrected chi connectivity index (χ4v) is 4.76. The van der Waals surface area contributed by atoms with Crippen molar-refractivity contribution in [3.63, 3.8) is 0 Å². The van der Waals surface area contributed by atoms with Crippen LogP contribution in [0, 0.1) is 5.92 Å². The molecule has 3 unspecified atom stereocenters. The Bertz CT molecular complexity index is 251. The van der Waals surface area contributed by atoms with E-state index in [9.17, 15) is 0 Å². The molecule has 0 bridgehead atoms. The Labute approximate surface area is 124 Å². The van der Waals surface area contributed by atoms with E-state index in [0.29, 0.717) is 6.04 Å². The molecule has 2 aliphatic rings. The van der Waals surface area contributed by atoms with Crippen LogP contribution in [0.3, 0.4) is 0 Å². The molecule has 1 aliphatic carbocycles. The molecule has 0 aromatic heterocycles. The van der Waals surface area contributed by atoms with Crippen molar-refractivity contribution in [3.05, 3.63) is 0 Å². The van der Waals surface area contributed by atoms with Gasteiger partial charge in [0.05, 0.1) is 0 Å². The molecule has 2 fully saturated rings. The lowest BCUT2D eigenvalue weighted by Gasteiger charge is -2.39. The summed E-state index contributed by atoms with van der Waals surface area (Å²) in [5.74, 6) is 0.896. The van der Waals surface area contributed by atoms with Gasteiger partial charge in [-0.25, -0.2) is 0 Å². The average molecular weight is 285 g/mol. The van der Waals surface area contributed by atoms with E-state index in [1.54, 1.807) is 0 Å². The van der Waals surface area contributed by atoms with Crippen LogP contribution in [-0.2, 0) is 0 Å². The predicted octanol–water partition coefficient (Wildman–Crippen LogP) is 3.37. The van der Waals surface area contributed by atoms with Crippen LogP contribution in [0.25, 0.3) is 0 Å². The Morgan fingerprint density at radius 2 is 1.84 bits per heavy atom. The van der Waals surface area contributed by atoms with E-state index < -0.39 is 0 Å². The normalized spacial score (nSPS) is 32.4. The Kier molecular flexibility index (Phi) is 6.51. The van der Waals surface area contributed by atoms with Crippen LogP contribution >= 0.6 is 11.8 Å². The van der Waals surface area contributed by atoms with E-state index in [4.69, 9.17) is 0 Å². The first-order valence-corrected chi connectivity index (χ1v) is 9.54. The van der Waals surface area contributed by atoms with Gasteiger partial charge >= 0.3 is 0 Å². The maximum Gasteiger partial charge on any atom is 0.0198 e. The van der Waals surface area contributed by atoms with E-state index in [0.717, 1.165) is 17.2 Å². The molecule has 2 nitrogen and oxygen atoms in total. The van der Waals surface area contributed by atoms with Crippen LogP contribution in [0.15, 0.2) is 0 Å². The zero-order chi connectivity index (χ0) is 13.7. The second-order valence-corrected chi connectivity index (χ2v) is 7.47. The molecule has 1 aliphatic heterocycles. The molecule has 2 rings (SSSR count). The molecule has 3 heteroatoms. The lowest BCUT2D eigenvalue weighted by atomic mass is 9.88. The van der Waals surface area contributed by atoms with E-state index in [1.807, 2.05) is 0 Å². The number of likely N-dealkylation sites (tertiary alicyclic amines) is 1. The molecule has 1 saturated carbocycles. The standard InChI is InChI=1S/C16H32N2S/c1-4-18-11-9-14(10-12-18)13(2)17-15-7-5-6-8-16(15)19-3/h13-17H,4-12H2,1-3H3. The van der Waals surface area contributed by atoms with E-state index in [1.165, 1.54) is 58.2 Å². The third kappa shape index (κ3) is 4.37. The summed E-state index contributed by atoms with van der Waals surface area (Å²) in [5, 5.41) is 4.84. The number of nitrogens with zero attached hydrogens (tertiary/aromatic N) is 1. The second kappa shape index (κ2) is 7.90. The highest BCUT2D eigenvalue weighted by Gasteiger charge is 2.29. The SMILES string of the molecule is CCN1CCC(C(C)NC2CCCCC2SC)CC1. The summed E-state index contributed by atoms with van der Waals surface area (Å²) in [6.07, 6.45) is 10.7. The van der Waals surface area contributed by atoms with Crippen molar-refractivity contribution in [3.8, 4) is 0 Å². The number of nitrogens with one attached hydrogen (secondary N) is 1. The molecule has 112 valence electrons. The summed E-state index contributed by atoms with van der Waals surface area (Å²) in [6, 6.07) is 1.47. The highest BCUT2D eigenvalue weighted by Crippen LogP contribution is 2.29. The van der Waals surface area contributed by atoms with Crippen LogP contribution < -0.4 is 5.32 Å². The fraction of sp³-hybridized carbons (Fsp3) is 1.00. The van der Waals surface area contributed by atoms with Gasteiger partial charge in [0.25, 0.3) is 0 Å². The summed E-state index contributed by atoms with van der Waals surface area (Å²) in [7, 11) is 0. The first kappa shape index (κ1) is 15.7. The summed E-state index contributed by atoms with van der Waals surface area (Å²) >= 11 is 2.08. The van der Waals surface area contributed by atoms with Crippen LogP contribution in [-0.4, -0.2) is 48.1 Å². The zero-order valence-corrected chi connectivity index (χ0v) is 13.8. The van der Waals surface area contributed by atoms with Crippen molar-refractivity contribution in [2.45, 2.75) is 69.7 Å². The molecule has 0 radical (unpaired) electrons. The van der Waals surface area contributed by atoms with Gasteiger partial charge < -0.3 is 10.2 Å². The topological polar surface area (TPSA) is 15.3 Å². The smallest absolute Gasteiger partial charge is 0.0198 e. The number of hydrogen-bond donors (Lipinski definition) is 1. The van der Waals surface area contributed by atoms with Crippen molar-refractivity contribution >= 4 is 11.8 Å². The maximum absolute atomic E-state index is 3.98. The Morgan fingerprint density at radius 1 is 1.16 bits per heavy atom. The summed E-state index contributed by atoms with van der Waals surface area (Å²) in [5.41, 5.74) is 0. The molecule has 0 spiro atoms. The minimum atomic E-state index is 0.705. The van der Waals surface area contributed by atoms with Crippen molar-refractivity contribution in [1.29, 1.82) is 0 Å². The number of thioether (sulfide) groups is 1. The van der Waals surface area contributed by atoms with Gasteiger partial charge in [-0.1, -0.05) is 19.8 Å². The molecule has 19 heavy (non-hydrogen) atoms. The van der Waals surface area contributed by atoms with Gasteiger partial charge in [0.15, 0.2) is 0 Å². The van der Waals surface area contributed by atoms with Gasteiger partial charge in [0.2, 0.25) is 0 Å². The molecule has 0 amide bonds. The van der Waals surface area contributed by atoms with Crippen LogP contribution in [0.5, 0.6) is 0 Å². The van der Waals surface area contributed by atoms with E-state index >= 15 is 0 Å². The summed E-state index contributed by atoms with van der Waals surface area (Å²) in [6.45, 7) is 8.56. The van der Waals surface area contributed by atoms with E-state index in [-0.39, 0.29) is 0 Å². The minimum absolute atomic E-state index is 0.705. The predicted molar refractivity (Wildman–Crippen MR) is 87.0 cm³/mol. The monoisotopic (exact) mass is 284 g/mol. The van der Waals surface area contributed by atoms with Crippen molar-refractivity contribution in [2.75, 3.05) is 25.9 Å². The molecule has 1 saturated heterocycles. The van der Waals surface area contributed by atoms with Gasteiger partial charge in [0, 0.05) is 17.3 Å². The van der Waals surface area contributed by atoms with Crippen LogP contribution in [0.4, 0.5) is 0 Å². The van der Waals surface area contributed by atoms with Gasteiger partial charge in [-0.2, -0.15) is 11.8 Å². The molecular formula is C16H32N2S. The molecule has 3 atom stereocenters. The highest BCUT2D eigenvalue weighted by atomic mass is 32.2. The largest absolute Gasteiger partial charge is 0.310 e. The molecular weight excluding hydrogens is 252 g/mol. The summed E-state index contributed by atoms with van der Waals surface area (Å²) < 4.78 is 0. The Balaban J connectivity index is 1.78. The molecule has 0 aromatic carbocycles. The van der Waals surface area contributed by atoms with Gasteiger partial charge in [0.1, 0.15) is 0 Å². The van der Waals surface area contributed by atoms with Crippen LogP contribution in [0.1, 0.15) is 52.4 Å². The van der Waals surface area contributed by atoms with Crippen LogP contribution in [0.2, 0.25) is 0 Å². The number of hydrogen-bond acceptors (Lipinski definition) is 3. The van der Waals surface area contributed by atoms with Crippen molar-refractivity contribution in [2.24, 2.45) is 5.92 Å². The van der Waals surface area contributed by atoms with Crippen molar-refractivity contribution < 1.29 is 0 Å². The lowest BCUT2D eigenvalue weighted by molar-refractivity contribution is 0.161. The minimum Gasteiger partial charge on any atom is -0.310 e. The first-order chi connectivity index (χ1) is 9.24. The first-order valence-electron chi connectivity index (χ1n) is 8.25. The number of piperidine rings is 1. The average Bonchev–Trinajstić information content (AvgIpc) is 2.48. The fourth-order valence-electron chi connectivity index (χ4n) is 3.81.